The Bertz CT molecular complexity index is 328. The van der Waals surface area contributed by atoms with E-state index in [4.69, 9.17) is 11.0 Å². The number of para-hydroxylation sites is 1. The maximum Gasteiger partial charge on any atom is 0.138 e. The Morgan fingerprint density at radius 1 is 1.58 bits per heavy atom. The Morgan fingerprint density at radius 2 is 2.25 bits per heavy atom. The van der Waals surface area contributed by atoms with E-state index in [-0.39, 0.29) is 11.7 Å². The highest BCUT2D eigenvalue weighted by molar-refractivity contribution is 5.59. The van der Waals surface area contributed by atoms with Crippen LogP contribution in [0.25, 0.3) is 0 Å². The first kappa shape index (κ1) is 8.41. The largest absolute Gasteiger partial charge is 0.506 e. The topological polar surface area (TPSA) is 70.0 Å². The first-order valence-corrected chi connectivity index (χ1v) is 3.63. The van der Waals surface area contributed by atoms with Crippen LogP contribution in [0.3, 0.4) is 0 Å². The first-order chi connectivity index (χ1) is 5.66. The lowest BCUT2D eigenvalue weighted by atomic mass is 10.0. The van der Waals surface area contributed by atoms with Gasteiger partial charge in [0.15, 0.2) is 0 Å². The highest BCUT2D eigenvalue weighted by atomic mass is 16.3. The summed E-state index contributed by atoms with van der Waals surface area (Å²) >= 11 is 0. The van der Waals surface area contributed by atoms with Gasteiger partial charge in [0.2, 0.25) is 0 Å². The van der Waals surface area contributed by atoms with Crippen molar-refractivity contribution in [3.63, 3.8) is 0 Å². The molecule has 0 bridgehead atoms. The third-order valence-electron chi connectivity index (χ3n) is 1.78. The van der Waals surface area contributed by atoms with Gasteiger partial charge in [-0.1, -0.05) is 12.1 Å². The normalized spacial score (nSPS) is 12.0. The van der Waals surface area contributed by atoms with Crippen LogP contribution in [0.5, 0.6) is 5.75 Å². The SMILES string of the molecule is CC(C#N)c1cccc(O)c1N. The number of nitriles is 1. The van der Waals surface area contributed by atoms with Crippen molar-refractivity contribution < 1.29 is 5.11 Å². The standard InChI is InChI=1S/C9H10N2O/c1-6(5-10)7-3-2-4-8(12)9(7)11/h2-4,6,12H,11H2,1H3. The van der Waals surface area contributed by atoms with Crippen LogP contribution in [0, 0.1) is 11.3 Å². The maximum absolute atomic E-state index is 9.21. The molecular weight excluding hydrogens is 152 g/mol. The number of aromatic hydroxyl groups is 1. The lowest BCUT2D eigenvalue weighted by Gasteiger charge is -2.07. The van der Waals surface area contributed by atoms with Gasteiger partial charge in [0.05, 0.1) is 17.7 Å². The van der Waals surface area contributed by atoms with Crippen LogP contribution in [0.1, 0.15) is 18.4 Å². The van der Waals surface area contributed by atoms with Crippen LogP contribution in [-0.2, 0) is 0 Å². The van der Waals surface area contributed by atoms with E-state index < -0.39 is 0 Å². The number of phenolic OH excluding ortho intramolecular Hbond substituents is 1. The van der Waals surface area contributed by atoms with E-state index in [1.54, 1.807) is 19.1 Å². The molecule has 0 saturated heterocycles. The van der Waals surface area contributed by atoms with Crippen LogP contribution in [0.4, 0.5) is 5.69 Å². The zero-order chi connectivity index (χ0) is 9.14. The number of nitrogens with zero attached hydrogens (tertiary/aromatic N) is 1. The van der Waals surface area contributed by atoms with Crippen molar-refractivity contribution in [1.29, 1.82) is 5.26 Å². The number of hydrogen-bond acceptors (Lipinski definition) is 3. The van der Waals surface area contributed by atoms with Gasteiger partial charge in [0.25, 0.3) is 0 Å². The number of phenols is 1. The van der Waals surface area contributed by atoms with E-state index in [9.17, 15) is 5.11 Å². The summed E-state index contributed by atoms with van der Waals surface area (Å²) in [5, 5.41) is 17.8. The molecule has 1 rings (SSSR count). The fraction of sp³-hybridized carbons (Fsp3) is 0.222. The Hall–Kier alpha value is -1.69. The molecule has 0 radical (unpaired) electrons. The Morgan fingerprint density at radius 3 is 2.83 bits per heavy atom. The molecule has 0 aliphatic carbocycles. The van der Waals surface area contributed by atoms with Crippen molar-refractivity contribution in [2.45, 2.75) is 12.8 Å². The Labute approximate surface area is 71.1 Å². The van der Waals surface area contributed by atoms with Crippen LogP contribution in [0.15, 0.2) is 18.2 Å². The molecular formula is C9H10N2O. The highest BCUT2D eigenvalue weighted by Crippen LogP contribution is 2.28. The minimum atomic E-state index is -0.280. The van der Waals surface area contributed by atoms with Crippen LogP contribution < -0.4 is 5.73 Å². The Kier molecular flexibility index (Phi) is 2.20. The van der Waals surface area contributed by atoms with Gasteiger partial charge in [-0.15, -0.1) is 0 Å². The van der Waals surface area contributed by atoms with Crippen molar-refractivity contribution in [3.8, 4) is 11.8 Å². The Balaban J connectivity index is 3.18. The van der Waals surface area contributed by atoms with E-state index >= 15 is 0 Å². The van der Waals surface area contributed by atoms with Gasteiger partial charge < -0.3 is 10.8 Å². The number of benzene rings is 1. The molecule has 1 aromatic carbocycles. The molecule has 1 aromatic rings. The first-order valence-electron chi connectivity index (χ1n) is 3.63. The maximum atomic E-state index is 9.21. The van der Waals surface area contributed by atoms with Gasteiger partial charge in [-0.25, -0.2) is 0 Å². The smallest absolute Gasteiger partial charge is 0.138 e. The molecule has 0 aromatic heterocycles. The van der Waals surface area contributed by atoms with Crippen LogP contribution in [-0.4, -0.2) is 5.11 Å². The monoisotopic (exact) mass is 162 g/mol. The van der Waals surface area contributed by atoms with Gasteiger partial charge >= 0.3 is 0 Å². The molecule has 0 spiro atoms. The molecule has 0 aliphatic heterocycles. The minimum Gasteiger partial charge on any atom is -0.506 e. The van der Waals surface area contributed by atoms with Crippen LogP contribution in [0.2, 0.25) is 0 Å². The predicted octanol–water partition coefficient (Wildman–Crippen LogP) is 1.60. The molecule has 3 nitrogen and oxygen atoms in total. The summed E-state index contributed by atoms with van der Waals surface area (Å²) in [6, 6.07) is 6.98. The number of anilines is 1. The minimum absolute atomic E-state index is 0.0367. The summed E-state index contributed by atoms with van der Waals surface area (Å²) in [4.78, 5) is 0. The molecule has 62 valence electrons. The van der Waals surface area contributed by atoms with Gasteiger partial charge in [-0.05, 0) is 18.6 Å². The number of nitrogen functional groups attached to an aromatic ring is 1. The van der Waals surface area contributed by atoms with Gasteiger partial charge in [-0.2, -0.15) is 5.26 Å². The molecule has 0 heterocycles. The molecule has 3 N–H and O–H groups in total. The zero-order valence-corrected chi connectivity index (χ0v) is 6.78. The van der Waals surface area contributed by atoms with E-state index in [2.05, 4.69) is 6.07 Å². The molecule has 1 unspecified atom stereocenters. The van der Waals surface area contributed by atoms with Crippen molar-refractivity contribution in [1.82, 2.24) is 0 Å². The van der Waals surface area contributed by atoms with E-state index in [0.29, 0.717) is 11.3 Å². The highest BCUT2D eigenvalue weighted by Gasteiger charge is 2.09. The van der Waals surface area contributed by atoms with Gasteiger partial charge in [0, 0.05) is 0 Å². The molecule has 12 heavy (non-hydrogen) atoms. The summed E-state index contributed by atoms with van der Waals surface area (Å²) < 4.78 is 0. The molecule has 0 saturated carbocycles. The van der Waals surface area contributed by atoms with Gasteiger partial charge in [0.1, 0.15) is 5.75 Å². The van der Waals surface area contributed by atoms with E-state index in [1.165, 1.54) is 6.07 Å². The second-order valence-electron chi connectivity index (χ2n) is 2.63. The summed E-state index contributed by atoms with van der Waals surface area (Å²) in [6.45, 7) is 1.74. The molecule has 0 aliphatic rings. The third-order valence-corrected chi connectivity index (χ3v) is 1.78. The fourth-order valence-electron chi connectivity index (χ4n) is 1.02. The van der Waals surface area contributed by atoms with Crippen molar-refractivity contribution >= 4 is 5.69 Å². The second kappa shape index (κ2) is 3.14. The third kappa shape index (κ3) is 1.32. The summed E-state index contributed by atoms with van der Waals surface area (Å²) in [7, 11) is 0. The zero-order valence-electron chi connectivity index (χ0n) is 6.78. The summed E-state index contributed by atoms with van der Waals surface area (Å²) in [6.07, 6.45) is 0. The average Bonchev–Trinajstić information content (AvgIpc) is 2.08. The molecule has 0 amide bonds. The second-order valence-corrected chi connectivity index (χ2v) is 2.63. The van der Waals surface area contributed by atoms with E-state index in [0.717, 1.165) is 0 Å². The quantitative estimate of drug-likeness (QED) is 0.486. The van der Waals surface area contributed by atoms with Gasteiger partial charge in [-0.3, -0.25) is 0 Å². The molecule has 0 fully saturated rings. The average molecular weight is 162 g/mol. The number of nitrogens with two attached hydrogens (primary N) is 1. The lowest BCUT2D eigenvalue weighted by molar-refractivity contribution is 0.477. The predicted molar refractivity (Wildman–Crippen MR) is 46.5 cm³/mol. The molecule has 3 heteroatoms. The molecule has 1 atom stereocenters. The van der Waals surface area contributed by atoms with Crippen LogP contribution >= 0.6 is 0 Å². The number of hydrogen-bond donors (Lipinski definition) is 2. The summed E-state index contributed by atoms with van der Waals surface area (Å²) in [5.74, 6) is -0.244. The van der Waals surface area contributed by atoms with Crippen molar-refractivity contribution in [2.75, 3.05) is 5.73 Å². The summed E-state index contributed by atoms with van der Waals surface area (Å²) in [5.41, 5.74) is 6.53. The number of rotatable bonds is 1. The van der Waals surface area contributed by atoms with Crippen molar-refractivity contribution in [3.05, 3.63) is 23.8 Å². The van der Waals surface area contributed by atoms with E-state index in [1.807, 2.05) is 0 Å². The lowest BCUT2D eigenvalue weighted by Crippen LogP contribution is -1.97. The van der Waals surface area contributed by atoms with Crippen molar-refractivity contribution in [2.24, 2.45) is 0 Å². The fourth-order valence-corrected chi connectivity index (χ4v) is 1.02.